The fourth-order valence-corrected chi connectivity index (χ4v) is 1.88. The molecule has 3 nitrogen and oxygen atoms in total. The molecule has 1 rings (SSSR count). The maximum Gasteiger partial charge on any atom is 0.222 e. The number of carbonyl (C=O) groups excluding carboxylic acids is 1. The van der Waals surface area contributed by atoms with Crippen molar-refractivity contribution < 1.29 is 9.53 Å². The number of benzene rings is 1. The highest BCUT2D eigenvalue weighted by Gasteiger charge is 2.09. The largest absolute Gasteiger partial charge is 0.497 e. The van der Waals surface area contributed by atoms with Gasteiger partial charge in [-0.15, -0.1) is 11.6 Å². The second-order valence-electron chi connectivity index (χ2n) is 4.25. The zero-order valence-corrected chi connectivity index (χ0v) is 11.7. The van der Waals surface area contributed by atoms with Gasteiger partial charge in [-0.3, -0.25) is 4.79 Å². The smallest absolute Gasteiger partial charge is 0.222 e. The van der Waals surface area contributed by atoms with Gasteiger partial charge in [0.05, 0.1) is 7.11 Å². The molecule has 1 amide bonds. The minimum Gasteiger partial charge on any atom is -0.497 e. The first-order chi connectivity index (χ1) is 8.67. The number of amides is 1. The van der Waals surface area contributed by atoms with Crippen LogP contribution < -0.4 is 4.74 Å². The maximum absolute atomic E-state index is 11.8. The average molecular weight is 270 g/mol. The highest BCUT2D eigenvalue weighted by molar-refractivity contribution is 6.17. The number of hydrogen-bond donors (Lipinski definition) is 0. The third-order valence-corrected chi connectivity index (χ3v) is 3.02. The summed E-state index contributed by atoms with van der Waals surface area (Å²) in [5.74, 6) is 1.59. The normalized spacial score (nSPS) is 10.2. The molecular formula is C14H20ClNO2. The Bertz CT molecular complexity index is 382. The number of nitrogens with zero attached hydrogens (tertiary/aromatic N) is 1. The van der Waals surface area contributed by atoms with E-state index < -0.39 is 0 Å². The van der Waals surface area contributed by atoms with Crippen LogP contribution in [0.3, 0.4) is 0 Å². The van der Waals surface area contributed by atoms with Crippen LogP contribution in [0.1, 0.15) is 24.8 Å². The van der Waals surface area contributed by atoms with E-state index >= 15 is 0 Å². The van der Waals surface area contributed by atoms with Crippen LogP contribution in [0, 0.1) is 0 Å². The Kier molecular flexibility index (Phi) is 6.58. The van der Waals surface area contributed by atoms with Crippen molar-refractivity contribution in [1.29, 1.82) is 0 Å². The van der Waals surface area contributed by atoms with E-state index in [0.717, 1.165) is 24.2 Å². The number of ether oxygens (including phenoxy) is 1. The molecule has 18 heavy (non-hydrogen) atoms. The number of halogens is 1. The molecule has 0 unspecified atom stereocenters. The summed E-state index contributed by atoms with van der Waals surface area (Å²) in [5.41, 5.74) is 1.07. The monoisotopic (exact) mass is 269 g/mol. The lowest BCUT2D eigenvalue weighted by Crippen LogP contribution is -2.25. The molecule has 0 aliphatic carbocycles. The lowest BCUT2D eigenvalue weighted by Gasteiger charge is -2.17. The fourth-order valence-electron chi connectivity index (χ4n) is 1.69. The van der Waals surface area contributed by atoms with Gasteiger partial charge in [-0.05, 0) is 30.5 Å². The number of unbranched alkanes of at least 4 members (excludes halogenated alkanes) is 1. The Morgan fingerprint density at radius 3 is 2.83 bits per heavy atom. The van der Waals surface area contributed by atoms with Crippen LogP contribution in [0.15, 0.2) is 24.3 Å². The standard InChI is InChI=1S/C14H20ClNO2/c1-16(14(17)8-3-4-9-15)11-12-6-5-7-13(10-12)18-2/h5-7,10H,3-4,8-9,11H2,1-2H3. The van der Waals surface area contributed by atoms with Crippen LogP contribution in [0.5, 0.6) is 5.75 Å². The Hall–Kier alpha value is -1.22. The second-order valence-corrected chi connectivity index (χ2v) is 4.63. The van der Waals surface area contributed by atoms with Gasteiger partial charge in [0.25, 0.3) is 0 Å². The molecule has 0 aliphatic heterocycles. The van der Waals surface area contributed by atoms with Crippen molar-refractivity contribution in [3.63, 3.8) is 0 Å². The molecule has 4 heteroatoms. The van der Waals surface area contributed by atoms with Crippen molar-refractivity contribution in [2.45, 2.75) is 25.8 Å². The number of carbonyl (C=O) groups is 1. The second kappa shape index (κ2) is 7.98. The zero-order valence-electron chi connectivity index (χ0n) is 11.0. The van der Waals surface area contributed by atoms with E-state index in [1.165, 1.54) is 0 Å². The molecule has 1 aromatic rings. The van der Waals surface area contributed by atoms with Crippen molar-refractivity contribution in [3.8, 4) is 5.75 Å². The van der Waals surface area contributed by atoms with E-state index in [0.29, 0.717) is 18.8 Å². The number of hydrogen-bond acceptors (Lipinski definition) is 2. The van der Waals surface area contributed by atoms with Crippen LogP contribution in [0.25, 0.3) is 0 Å². The first-order valence-corrected chi connectivity index (χ1v) is 6.63. The van der Waals surface area contributed by atoms with Crippen LogP contribution in [-0.2, 0) is 11.3 Å². The lowest BCUT2D eigenvalue weighted by molar-refractivity contribution is -0.130. The van der Waals surface area contributed by atoms with Crippen molar-refractivity contribution >= 4 is 17.5 Å². The Morgan fingerprint density at radius 1 is 1.39 bits per heavy atom. The van der Waals surface area contributed by atoms with Gasteiger partial charge in [0.1, 0.15) is 5.75 Å². The Labute approximate surface area is 114 Å². The van der Waals surface area contributed by atoms with Crippen molar-refractivity contribution in [1.82, 2.24) is 4.90 Å². The summed E-state index contributed by atoms with van der Waals surface area (Å²) in [6.45, 7) is 0.608. The predicted molar refractivity (Wildman–Crippen MR) is 74.0 cm³/mol. The summed E-state index contributed by atoms with van der Waals surface area (Å²) >= 11 is 5.59. The third-order valence-electron chi connectivity index (χ3n) is 2.75. The maximum atomic E-state index is 11.8. The SMILES string of the molecule is COc1cccc(CN(C)C(=O)CCCCCl)c1. The van der Waals surface area contributed by atoms with E-state index in [2.05, 4.69) is 0 Å². The van der Waals surface area contributed by atoms with E-state index in [1.807, 2.05) is 31.3 Å². The van der Waals surface area contributed by atoms with Gasteiger partial charge in [-0.2, -0.15) is 0 Å². The molecule has 0 N–H and O–H groups in total. The number of rotatable bonds is 7. The molecule has 0 saturated carbocycles. The number of methoxy groups -OCH3 is 1. The van der Waals surface area contributed by atoms with Crippen molar-refractivity contribution in [3.05, 3.63) is 29.8 Å². The molecule has 1 aromatic carbocycles. The quantitative estimate of drug-likeness (QED) is 0.562. The van der Waals surface area contributed by atoms with Crippen LogP contribution in [0.2, 0.25) is 0 Å². The Balaban J connectivity index is 2.47. The minimum atomic E-state index is 0.155. The van der Waals surface area contributed by atoms with Gasteiger partial charge in [0, 0.05) is 25.9 Å². The van der Waals surface area contributed by atoms with Crippen LogP contribution in [-0.4, -0.2) is 30.8 Å². The van der Waals surface area contributed by atoms with Gasteiger partial charge in [-0.25, -0.2) is 0 Å². The first kappa shape index (κ1) is 14.8. The summed E-state index contributed by atoms with van der Waals surface area (Å²) in [6.07, 6.45) is 2.30. The van der Waals surface area contributed by atoms with Crippen LogP contribution >= 0.6 is 11.6 Å². The minimum absolute atomic E-state index is 0.155. The molecule has 0 fully saturated rings. The highest BCUT2D eigenvalue weighted by atomic mass is 35.5. The summed E-state index contributed by atoms with van der Waals surface area (Å²) in [5, 5.41) is 0. The zero-order chi connectivity index (χ0) is 13.4. The van der Waals surface area contributed by atoms with Crippen LogP contribution in [0.4, 0.5) is 0 Å². The van der Waals surface area contributed by atoms with Gasteiger partial charge in [0.2, 0.25) is 5.91 Å². The highest BCUT2D eigenvalue weighted by Crippen LogP contribution is 2.14. The summed E-state index contributed by atoms with van der Waals surface area (Å²) in [4.78, 5) is 13.6. The molecule has 0 aromatic heterocycles. The third kappa shape index (κ3) is 4.96. The molecule has 0 aliphatic rings. The molecule has 0 bridgehead atoms. The summed E-state index contributed by atoms with van der Waals surface area (Å²) in [6, 6.07) is 7.76. The van der Waals surface area contributed by atoms with Gasteiger partial charge in [0.15, 0.2) is 0 Å². The first-order valence-electron chi connectivity index (χ1n) is 6.10. The van der Waals surface area contributed by atoms with Gasteiger partial charge in [-0.1, -0.05) is 12.1 Å². The fraction of sp³-hybridized carbons (Fsp3) is 0.500. The average Bonchev–Trinajstić information content (AvgIpc) is 2.39. The van der Waals surface area contributed by atoms with E-state index in [4.69, 9.17) is 16.3 Å². The molecule has 0 atom stereocenters. The molecule has 0 spiro atoms. The number of alkyl halides is 1. The molecule has 0 saturated heterocycles. The van der Waals surface area contributed by atoms with E-state index in [-0.39, 0.29) is 5.91 Å². The molecule has 0 heterocycles. The molecule has 100 valence electrons. The lowest BCUT2D eigenvalue weighted by atomic mass is 10.2. The molecular weight excluding hydrogens is 250 g/mol. The predicted octanol–water partition coefficient (Wildman–Crippen LogP) is 3.06. The summed E-state index contributed by atoms with van der Waals surface area (Å²) in [7, 11) is 3.46. The molecule has 0 radical (unpaired) electrons. The van der Waals surface area contributed by atoms with E-state index in [9.17, 15) is 4.79 Å². The summed E-state index contributed by atoms with van der Waals surface area (Å²) < 4.78 is 5.16. The van der Waals surface area contributed by atoms with Crippen molar-refractivity contribution in [2.24, 2.45) is 0 Å². The Morgan fingerprint density at radius 2 is 2.17 bits per heavy atom. The van der Waals surface area contributed by atoms with Crippen molar-refractivity contribution in [2.75, 3.05) is 20.0 Å². The van der Waals surface area contributed by atoms with E-state index in [1.54, 1.807) is 12.0 Å². The van der Waals surface area contributed by atoms with Gasteiger partial charge < -0.3 is 9.64 Å². The topological polar surface area (TPSA) is 29.5 Å². The van der Waals surface area contributed by atoms with Gasteiger partial charge >= 0.3 is 0 Å².